The molecule has 2 aliphatic heterocycles. The van der Waals surface area contributed by atoms with Crippen LogP contribution in [0.5, 0.6) is 0 Å². The van der Waals surface area contributed by atoms with E-state index in [-0.39, 0.29) is 12.7 Å². The van der Waals surface area contributed by atoms with Gasteiger partial charge in [0.1, 0.15) is 0 Å². The number of amides is 2. The van der Waals surface area contributed by atoms with Crippen molar-refractivity contribution in [2.24, 2.45) is 0 Å². The van der Waals surface area contributed by atoms with Gasteiger partial charge in [-0.2, -0.15) is 0 Å². The van der Waals surface area contributed by atoms with E-state index >= 15 is 0 Å². The van der Waals surface area contributed by atoms with E-state index in [9.17, 15) is 4.79 Å². The van der Waals surface area contributed by atoms with Gasteiger partial charge in [-0.25, -0.2) is 10.1 Å². The Morgan fingerprint density at radius 3 is 3.08 bits per heavy atom. The molecule has 0 bridgehead atoms. The van der Waals surface area contributed by atoms with Gasteiger partial charge in [0.25, 0.3) is 6.71 Å². The average molecular weight is 177 g/mol. The number of nitriles is 1. The van der Waals surface area contributed by atoms with Crippen molar-refractivity contribution in [2.45, 2.75) is 25.1 Å². The quantitative estimate of drug-likeness (QED) is 0.587. The standard InChI is InChI=1S/C8H12BN3O/c10-6-9-2-1-7(5-9)12-4-3-11-8(12)13/h7H,1-5H2,(H,11,13). The third kappa shape index (κ3) is 1.49. The molecule has 1 N–H and O–H groups in total. The first-order valence-electron chi connectivity index (χ1n) is 4.75. The molecule has 5 heteroatoms. The SMILES string of the molecule is N#CB1CCC(N2CCNC2=O)C1. The Kier molecular flexibility index (Phi) is 2.13. The fraction of sp³-hybridized carbons (Fsp3) is 0.750. The molecule has 0 aromatic rings. The van der Waals surface area contributed by atoms with E-state index in [2.05, 4.69) is 11.3 Å². The molecule has 2 rings (SSSR count). The highest BCUT2D eigenvalue weighted by molar-refractivity contribution is 6.67. The lowest BCUT2D eigenvalue weighted by molar-refractivity contribution is 0.202. The van der Waals surface area contributed by atoms with Crippen molar-refractivity contribution in [2.75, 3.05) is 13.1 Å². The molecular weight excluding hydrogens is 165 g/mol. The molecule has 2 saturated heterocycles. The van der Waals surface area contributed by atoms with Gasteiger partial charge in [0.05, 0.1) is 0 Å². The van der Waals surface area contributed by atoms with Crippen LogP contribution >= 0.6 is 0 Å². The molecule has 0 spiro atoms. The van der Waals surface area contributed by atoms with Crippen LogP contribution in [-0.4, -0.2) is 36.8 Å². The number of carbonyl (C=O) groups excluding carboxylic acids is 1. The van der Waals surface area contributed by atoms with Crippen molar-refractivity contribution in [1.29, 1.82) is 5.26 Å². The normalized spacial score (nSPS) is 27.6. The first kappa shape index (κ1) is 8.42. The summed E-state index contributed by atoms with van der Waals surface area (Å²) >= 11 is 0. The Morgan fingerprint density at radius 1 is 1.69 bits per heavy atom. The zero-order valence-electron chi connectivity index (χ0n) is 7.49. The molecule has 1 atom stereocenters. The van der Waals surface area contributed by atoms with E-state index in [1.165, 1.54) is 0 Å². The molecule has 2 fully saturated rings. The summed E-state index contributed by atoms with van der Waals surface area (Å²) in [5.41, 5.74) is 0. The molecule has 2 aliphatic rings. The average Bonchev–Trinajstić information content (AvgIpc) is 2.71. The van der Waals surface area contributed by atoms with E-state index in [0.29, 0.717) is 6.04 Å². The second-order valence-corrected chi connectivity index (χ2v) is 3.72. The molecule has 1 unspecified atom stereocenters. The fourth-order valence-electron chi connectivity index (χ4n) is 2.19. The van der Waals surface area contributed by atoms with Crippen molar-refractivity contribution in [3.05, 3.63) is 0 Å². The predicted molar refractivity (Wildman–Crippen MR) is 49.5 cm³/mol. The number of carbonyl (C=O) groups is 1. The summed E-state index contributed by atoms with van der Waals surface area (Å²) in [6.45, 7) is 1.73. The maximum absolute atomic E-state index is 11.3. The molecule has 0 radical (unpaired) electrons. The van der Waals surface area contributed by atoms with Gasteiger partial charge in [0.15, 0.2) is 0 Å². The minimum Gasteiger partial charge on any atom is -0.336 e. The van der Waals surface area contributed by atoms with Gasteiger partial charge in [0, 0.05) is 25.1 Å². The van der Waals surface area contributed by atoms with Crippen LogP contribution in [0.4, 0.5) is 4.79 Å². The zero-order chi connectivity index (χ0) is 9.26. The molecule has 68 valence electrons. The van der Waals surface area contributed by atoms with Crippen molar-refractivity contribution in [3.63, 3.8) is 0 Å². The number of hydrogen-bond acceptors (Lipinski definition) is 2. The third-order valence-corrected chi connectivity index (χ3v) is 2.92. The van der Waals surface area contributed by atoms with Crippen molar-refractivity contribution in [3.8, 4) is 5.97 Å². The summed E-state index contributed by atoms with van der Waals surface area (Å²) in [6, 6.07) is 0.357. The highest BCUT2D eigenvalue weighted by Gasteiger charge is 2.35. The van der Waals surface area contributed by atoms with Crippen molar-refractivity contribution >= 4 is 12.7 Å². The molecule has 2 heterocycles. The van der Waals surface area contributed by atoms with Gasteiger partial charge in [-0.3, -0.25) is 0 Å². The van der Waals surface area contributed by atoms with Crippen LogP contribution in [0.25, 0.3) is 0 Å². The number of nitrogens with one attached hydrogen (secondary N) is 1. The van der Waals surface area contributed by atoms with Crippen LogP contribution in [0.1, 0.15) is 6.42 Å². The highest BCUT2D eigenvalue weighted by atomic mass is 16.2. The number of nitrogens with zero attached hydrogens (tertiary/aromatic N) is 2. The van der Waals surface area contributed by atoms with Crippen LogP contribution in [0.2, 0.25) is 12.6 Å². The Labute approximate surface area is 78.0 Å². The topological polar surface area (TPSA) is 56.1 Å². The second kappa shape index (κ2) is 3.29. The minimum absolute atomic E-state index is 0.0450. The number of rotatable bonds is 1. The van der Waals surface area contributed by atoms with Gasteiger partial charge >= 0.3 is 6.03 Å². The number of urea groups is 1. The first-order valence-corrected chi connectivity index (χ1v) is 4.75. The second-order valence-electron chi connectivity index (χ2n) is 3.72. The van der Waals surface area contributed by atoms with Gasteiger partial charge in [-0.15, -0.1) is 0 Å². The zero-order valence-corrected chi connectivity index (χ0v) is 7.49. The van der Waals surface area contributed by atoms with E-state index in [0.717, 1.165) is 32.2 Å². The molecule has 0 aromatic heterocycles. The van der Waals surface area contributed by atoms with E-state index in [1.807, 2.05) is 4.90 Å². The largest absolute Gasteiger partial charge is 0.336 e. The third-order valence-electron chi connectivity index (χ3n) is 2.92. The lowest BCUT2D eigenvalue weighted by Crippen LogP contribution is -2.36. The van der Waals surface area contributed by atoms with Crippen molar-refractivity contribution in [1.82, 2.24) is 10.2 Å². The molecule has 0 saturated carbocycles. The Balaban J connectivity index is 1.96. The van der Waals surface area contributed by atoms with Gasteiger partial charge in [0.2, 0.25) is 0 Å². The van der Waals surface area contributed by atoms with Gasteiger partial charge < -0.3 is 10.2 Å². The molecular formula is C8H12BN3O. The Hall–Kier alpha value is -1.18. The first-order chi connectivity index (χ1) is 6.31. The van der Waals surface area contributed by atoms with Crippen LogP contribution < -0.4 is 5.32 Å². The van der Waals surface area contributed by atoms with Crippen LogP contribution in [0, 0.1) is 11.2 Å². The minimum atomic E-state index is 0.0450. The summed E-state index contributed by atoms with van der Waals surface area (Å²) < 4.78 is 0. The predicted octanol–water partition coefficient (Wildman–Crippen LogP) is 0.341. The highest BCUT2D eigenvalue weighted by Crippen LogP contribution is 2.25. The molecule has 13 heavy (non-hydrogen) atoms. The Bertz CT molecular complexity index is 263. The monoisotopic (exact) mass is 177 g/mol. The van der Waals surface area contributed by atoms with Gasteiger partial charge in [-0.1, -0.05) is 6.32 Å². The van der Waals surface area contributed by atoms with Gasteiger partial charge in [-0.05, 0) is 12.7 Å². The maximum atomic E-state index is 11.3. The summed E-state index contributed by atoms with van der Waals surface area (Å²) in [7, 11) is 0. The van der Waals surface area contributed by atoms with Crippen LogP contribution in [0.15, 0.2) is 0 Å². The number of hydrogen-bond donors (Lipinski definition) is 1. The maximum Gasteiger partial charge on any atom is 0.317 e. The molecule has 2 amide bonds. The van der Waals surface area contributed by atoms with Crippen molar-refractivity contribution < 1.29 is 4.79 Å². The lowest BCUT2D eigenvalue weighted by atomic mass is 9.50. The summed E-state index contributed by atoms with van der Waals surface area (Å²) in [5.74, 6) is 2.27. The van der Waals surface area contributed by atoms with E-state index < -0.39 is 0 Å². The summed E-state index contributed by atoms with van der Waals surface area (Å²) in [6.07, 6.45) is 2.81. The Morgan fingerprint density at radius 2 is 2.54 bits per heavy atom. The summed E-state index contributed by atoms with van der Waals surface area (Å²) in [5, 5.41) is 11.5. The van der Waals surface area contributed by atoms with Crippen LogP contribution in [-0.2, 0) is 0 Å². The smallest absolute Gasteiger partial charge is 0.317 e. The van der Waals surface area contributed by atoms with E-state index in [1.54, 1.807) is 0 Å². The summed E-state index contributed by atoms with van der Waals surface area (Å²) in [4.78, 5) is 13.2. The molecule has 4 nitrogen and oxygen atoms in total. The lowest BCUT2D eigenvalue weighted by Gasteiger charge is -2.21. The van der Waals surface area contributed by atoms with Crippen LogP contribution in [0.3, 0.4) is 0 Å². The molecule has 0 aromatic carbocycles. The molecule has 0 aliphatic carbocycles. The fourth-order valence-corrected chi connectivity index (χ4v) is 2.19. The van der Waals surface area contributed by atoms with E-state index in [4.69, 9.17) is 5.26 Å².